The first-order valence-corrected chi connectivity index (χ1v) is 9.66. The van der Waals surface area contributed by atoms with Crippen LogP contribution in [0.1, 0.15) is 43.2 Å². The Morgan fingerprint density at radius 1 is 1.23 bits per heavy atom. The molecule has 1 aliphatic carbocycles. The number of carbonyl (C=O) groups excluding carboxylic acids is 1. The van der Waals surface area contributed by atoms with Crippen LogP contribution in [0.4, 0.5) is 5.82 Å². The fraction of sp³-hybridized carbons (Fsp3) is 0.316. The number of anilines is 1. The summed E-state index contributed by atoms with van der Waals surface area (Å²) in [5.41, 5.74) is 2.54. The van der Waals surface area contributed by atoms with E-state index in [0.717, 1.165) is 29.9 Å². The summed E-state index contributed by atoms with van der Waals surface area (Å²) in [6, 6.07) is 6.67. The van der Waals surface area contributed by atoms with Gasteiger partial charge in [0.2, 0.25) is 0 Å². The first kappa shape index (κ1) is 16.9. The van der Waals surface area contributed by atoms with Gasteiger partial charge in [-0.25, -0.2) is 4.98 Å². The number of fused-ring (bicyclic) bond motifs is 1. The lowest BCUT2D eigenvalue weighted by Gasteiger charge is -2.32. The number of benzene rings is 1. The number of phenolic OH excluding ortho intramolecular Hbond substituents is 1. The third kappa shape index (κ3) is 2.82. The predicted octanol–water partition coefficient (Wildman–Crippen LogP) is 3.15. The van der Waals surface area contributed by atoms with Crippen LogP contribution in [0.15, 0.2) is 45.5 Å². The van der Waals surface area contributed by atoms with Gasteiger partial charge in [0.1, 0.15) is 11.6 Å². The summed E-state index contributed by atoms with van der Waals surface area (Å²) in [6.45, 7) is 2.00. The van der Waals surface area contributed by atoms with E-state index in [2.05, 4.69) is 15.3 Å². The van der Waals surface area contributed by atoms with Crippen LogP contribution in [-0.4, -0.2) is 26.6 Å². The minimum absolute atomic E-state index is 0.0638. The van der Waals surface area contributed by atoms with Gasteiger partial charge in [0.15, 0.2) is 10.9 Å². The van der Waals surface area contributed by atoms with Gasteiger partial charge in [-0.05, 0) is 36.3 Å². The minimum Gasteiger partial charge on any atom is -0.508 e. The maximum absolute atomic E-state index is 12.9. The molecule has 0 fully saturated rings. The molecule has 6 nitrogen and oxygen atoms in total. The van der Waals surface area contributed by atoms with Crippen molar-refractivity contribution in [3.8, 4) is 5.75 Å². The molecule has 1 aromatic heterocycles. The molecule has 2 aliphatic rings. The van der Waals surface area contributed by atoms with Crippen LogP contribution in [0, 0.1) is 0 Å². The van der Waals surface area contributed by atoms with Crippen molar-refractivity contribution in [1.29, 1.82) is 0 Å². The van der Waals surface area contributed by atoms with Gasteiger partial charge in [0.05, 0.1) is 5.56 Å². The smallest absolute Gasteiger partial charge is 0.257 e. The van der Waals surface area contributed by atoms with Gasteiger partial charge in [-0.15, -0.1) is 0 Å². The Kier molecular flexibility index (Phi) is 4.32. The van der Waals surface area contributed by atoms with Crippen LogP contribution in [0.2, 0.25) is 0 Å². The molecule has 2 heterocycles. The van der Waals surface area contributed by atoms with Crippen LogP contribution in [0.25, 0.3) is 0 Å². The number of carbonyl (C=O) groups is 1. The summed E-state index contributed by atoms with van der Waals surface area (Å²) >= 11 is 1.47. The highest BCUT2D eigenvalue weighted by Gasteiger charge is 2.37. The monoisotopic (exact) mass is 369 g/mol. The molecular weight excluding hydrogens is 350 g/mol. The van der Waals surface area contributed by atoms with E-state index in [1.54, 1.807) is 24.3 Å². The predicted molar refractivity (Wildman–Crippen MR) is 101 cm³/mol. The van der Waals surface area contributed by atoms with E-state index in [1.165, 1.54) is 11.8 Å². The molecule has 0 bridgehead atoms. The van der Waals surface area contributed by atoms with Crippen molar-refractivity contribution in [2.45, 2.75) is 37.3 Å². The molecule has 1 aromatic carbocycles. The minimum atomic E-state index is -0.466. The highest BCUT2D eigenvalue weighted by molar-refractivity contribution is 7.99. The van der Waals surface area contributed by atoms with E-state index in [9.17, 15) is 14.7 Å². The van der Waals surface area contributed by atoms with Crippen molar-refractivity contribution < 1.29 is 9.90 Å². The van der Waals surface area contributed by atoms with Gasteiger partial charge in [0, 0.05) is 23.6 Å². The standard InChI is InChI=1S/C19H19N3O3S/c1-2-26-19-21-17-16(18(25)22-19)14(10-6-8-11(23)9-7-10)15-12(20-17)4-3-5-13(15)24/h6-9,14,23H,2-5H2,1H3,(H2,20,21,22,25). The lowest BCUT2D eigenvalue weighted by atomic mass is 9.76. The molecule has 1 unspecified atom stereocenters. The third-order valence-corrected chi connectivity index (χ3v) is 5.50. The van der Waals surface area contributed by atoms with Gasteiger partial charge in [-0.2, -0.15) is 0 Å². The van der Waals surface area contributed by atoms with Gasteiger partial charge >= 0.3 is 0 Å². The number of aromatic amines is 1. The summed E-state index contributed by atoms with van der Waals surface area (Å²) in [6.07, 6.45) is 2.04. The number of nitrogens with one attached hydrogen (secondary N) is 2. The van der Waals surface area contributed by atoms with Crippen molar-refractivity contribution in [2.24, 2.45) is 0 Å². The van der Waals surface area contributed by atoms with Crippen LogP contribution in [0.3, 0.4) is 0 Å². The Balaban J connectivity index is 1.94. The largest absolute Gasteiger partial charge is 0.508 e. The molecule has 7 heteroatoms. The number of hydrogen-bond donors (Lipinski definition) is 3. The zero-order valence-corrected chi connectivity index (χ0v) is 15.2. The van der Waals surface area contributed by atoms with Crippen molar-refractivity contribution in [3.05, 3.63) is 57.0 Å². The highest BCUT2D eigenvalue weighted by atomic mass is 32.2. The van der Waals surface area contributed by atoms with Crippen molar-refractivity contribution in [2.75, 3.05) is 11.1 Å². The molecule has 3 N–H and O–H groups in total. The average Bonchev–Trinajstić information content (AvgIpc) is 2.61. The normalized spacial score (nSPS) is 19.0. The van der Waals surface area contributed by atoms with Crippen LogP contribution < -0.4 is 10.9 Å². The number of phenols is 1. The van der Waals surface area contributed by atoms with Gasteiger partial charge in [0.25, 0.3) is 5.56 Å². The molecule has 4 rings (SSSR count). The fourth-order valence-electron chi connectivity index (χ4n) is 3.65. The Morgan fingerprint density at radius 3 is 2.73 bits per heavy atom. The maximum atomic E-state index is 12.9. The number of aromatic nitrogens is 2. The second kappa shape index (κ2) is 6.64. The maximum Gasteiger partial charge on any atom is 0.257 e. The number of hydrogen-bond acceptors (Lipinski definition) is 6. The highest BCUT2D eigenvalue weighted by Crippen LogP contribution is 2.43. The van der Waals surface area contributed by atoms with E-state index in [0.29, 0.717) is 28.5 Å². The second-order valence-corrected chi connectivity index (χ2v) is 7.64. The number of aromatic hydroxyl groups is 1. The first-order valence-electron chi connectivity index (χ1n) is 8.67. The van der Waals surface area contributed by atoms with Crippen LogP contribution in [-0.2, 0) is 4.79 Å². The van der Waals surface area contributed by atoms with Crippen molar-refractivity contribution in [3.63, 3.8) is 0 Å². The molecule has 134 valence electrons. The second-order valence-electron chi connectivity index (χ2n) is 6.38. The number of Topliss-reactive ketones (excluding diaryl/α,β-unsaturated/α-hetero) is 1. The fourth-order valence-corrected chi connectivity index (χ4v) is 4.24. The van der Waals surface area contributed by atoms with Gasteiger partial charge in [-0.3, -0.25) is 9.59 Å². The summed E-state index contributed by atoms with van der Waals surface area (Å²) in [5, 5.41) is 13.4. The Morgan fingerprint density at radius 2 is 2.00 bits per heavy atom. The molecule has 0 radical (unpaired) electrons. The number of nitrogens with zero attached hydrogens (tertiary/aromatic N) is 1. The summed E-state index contributed by atoms with van der Waals surface area (Å²) in [7, 11) is 0. The number of H-pyrrole nitrogens is 1. The SMILES string of the molecule is CCSc1nc2c(c(=O)[nH]1)C(c1ccc(O)cc1)C1=C(CCCC1=O)N2. The van der Waals surface area contributed by atoms with E-state index in [4.69, 9.17) is 0 Å². The zero-order chi connectivity index (χ0) is 18.3. The van der Waals surface area contributed by atoms with E-state index in [-0.39, 0.29) is 17.1 Å². The molecule has 0 saturated carbocycles. The lowest BCUT2D eigenvalue weighted by Crippen LogP contribution is -2.32. The molecule has 26 heavy (non-hydrogen) atoms. The number of ketones is 1. The van der Waals surface area contributed by atoms with Gasteiger partial charge in [-0.1, -0.05) is 30.8 Å². The summed E-state index contributed by atoms with van der Waals surface area (Å²) in [5.74, 6) is 1.07. The van der Waals surface area contributed by atoms with Gasteiger partial charge < -0.3 is 15.4 Å². The molecule has 0 saturated heterocycles. The Bertz CT molecular complexity index is 963. The quantitative estimate of drug-likeness (QED) is 0.568. The van der Waals surface area contributed by atoms with Crippen LogP contribution >= 0.6 is 11.8 Å². The lowest BCUT2D eigenvalue weighted by molar-refractivity contribution is -0.116. The average molecular weight is 369 g/mol. The van der Waals surface area contributed by atoms with E-state index >= 15 is 0 Å². The Hall–Kier alpha value is -2.54. The van der Waals surface area contributed by atoms with E-state index in [1.807, 2.05) is 6.92 Å². The number of allylic oxidation sites excluding steroid dienone is 2. The number of rotatable bonds is 3. The molecule has 1 atom stereocenters. The molecule has 2 aromatic rings. The molecular formula is C19H19N3O3S. The molecule has 0 spiro atoms. The molecule has 1 aliphatic heterocycles. The third-order valence-electron chi connectivity index (χ3n) is 4.74. The first-order chi connectivity index (χ1) is 12.6. The number of thioether (sulfide) groups is 1. The van der Waals surface area contributed by atoms with Crippen LogP contribution in [0.5, 0.6) is 5.75 Å². The molecule has 0 amide bonds. The van der Waals surface area contributed by atoms with Crippen molar-refractivity contribution >= 4 is 23.4 Å². The topological polar surface area (TPSA) is 95.1 Å². The summed E-state index contributed by atoms with van der Waals surface area (Å²) < 4.78 is 0. The van der Waals surface area contributed by atoms with Crippen molar-refractivity contribution in [1.82, 2.24) is 9.97 Å². The summed E-state index contributed by atoms with van der Waals surface area (Å²) in [4.78, 5) is 33.0. The zero-order valence-electron chi connectivity index (χ0n) is 14.3. The van der Waals surface area contributed by atoms with E-state index < -0.39 is 5.92 Å². The Labute approximate surface area is 154 Å².